The molecule has 0 aliphatic rings. The van der Waals surface area contributed by atoms with Gasteiger partial charge >= 0.3 is 0 Å². The Hall–Kier alpha value is -1.89. The molecule has 6 nitrogen and oxygen atoms in total. The Morgan fingerprint density at radius 3 is 3.00 bits per heavy atom. The van der Waals surface area contributed by atoms with Gasteiger partial charge in [-0.3, -0.25) is 9.78 Å². The lowest BCUT2D eigenvalue weighted by atomic mass is 10.3. The maximum absolute atomic E-state index is 12.0. The number of halogens is 1. The van der Waals surface area contributed by atoms with Gasteiger partial charge in [-0.25, -0.2) is 4.68 Å². The lowest BCUT2D eigenvalue weighted by molar-refractivity contribution is 0.720. The summed E-state index contributed by atoms with van der Waals surface area (Å²) in [6.45, 7) is 8.75. The van der Waals surface area contributed by atoms with Crippen LogP contribution in [0.4, 0.5) is 5.95 Å². The van der Waals surface area contributed by atoms with E-state index < -0.39 is 0 Å². The summed E-state index contributed by atoms with van der Waals surface area (Å²) < 4.78 is 2.67. The van der Waals surface area contributed by atoms with Gasteiger partial charge in [0.2, 0.25) is 5.95 Å². The molecule has 2 rings (SSSR count). The summed E-state index contributed by atoms with van der Waals surface area (Å²) in [6.07, 6.45) is 3.22. The Bertz CT molecular complexity index is 724. The van der Waals surface area contributed by atoms with Gasteiger partial charge in [-0.1, -0.05) is 27.6 Å². The van der Waals surface area contributed by atoms with Crippen molar-refractivity contribution in [2.24, 2.45) is 0 Å². The van der Waals surface area contributed by atoms with Gasteiger partial charge in [0.25, 0.3) is 5.56 Å². The molecule has 2 aromatic heterocycles. The number of aromatic nitrogens is 4. The summed E-state index contributed by atoms with van der Waals surface area (Å²) in [5.74, 6) is 0.423. The fraction of sp³-hybridized carbons (Fsp3) is 0.308. The monoisotopic (exact) mass is 337 g/mol. The highest BCUT2D eigenvalue weighted by Crippen LogP contribution is 2.13. The van der Waals surface area contributed by atoms with E-state index in [-0.39, 0.29) is 5.56 Å². The second kappa shape index (κ2) is 6.04. The predicted molar refractivity (Wildman–Crippen MR) is 84.1 cm³/mol. The number of aromatic amines is 1. The lowest BCUT2D eigenvalue weighted by Crippen LogP contribution is -2.14. The molecule has 0 amide bonds. The number of rotatable bonds is 5. The lowest BCUT2D eigenvalue weighted by Gasteiger charge is -2.06. The molecule has 0 aliphatic heterocycles. The average Bonchev–Trinajstić information content (AvgIpc) is 2.80. The molecule has 2 heterocycles. The minimum Gasteiger partial charge on any atom is -0.351 e. The van der Waals surface area contributed by atoms with Crippen LogP contribution in [0, 0.1) is 0 Å². The number of nitrogens with zero attached hydrogens (tertiary/aromatic N) is 3. The summed E-state index contributed by atoms with van der Waals surface area (Å²) in [6, 6.07) is 0. The minimum absolute atomic E-state index is 0.207. The van der Waals surface area contributed by atoms with Crippen LogP contribution in [0.5, 0.6) is 0 Å². The van der Waals surface area contributed by atoms with E-state index in [1.165, 1.54) is 6.20 Å². The first-order valence-electron chi connectivity index (χ1n) is 6.15. The highest BCUT2D eigenvalue weighted by molar-refractivity contribution is 9.11. The third kappa shape index (κ3) is 2.98. The molecule has 106 valence electrons. The highest BCUT2D eigenvalue weighted by atomic mass is 79.9. The molecule has 0 aliphatic carbocycles. The van der Waals surface area contributed by atoms with Crippen LogP contribution in [0.3, 0.4) is 0 Å². The fourth-order valence-corrected chi connectivity index (χ4v) is 1.78. The zero-order valence-electron chi connectivity index (χ0n) is 11.4. The Morgan fingerprint density at radius 2 is 2.35 bits per heavy atom. The zero-order chi connectivity index (χ0) is 14.7. The molecule has 20 heavy (non-hydrogen) atoms. The SMILES string of the molecule is C=CCn1ncc2c(=O)[nH]c(NCC(Br)=C(C)C)nc21. The summed E-state index contributed by atoms with van der Waals surface area (Å²) in [5.41, 5.74) is 1.50. The highest BCUT2D eigenvalue weighted by Gasteiger charge is 2.09. The van der Waals surface area contributed by atoms with E-state index >= 15 is 0 Å². The van der Waals surface area contributed by atoms with E-state index in [9.17, 15) is 4.79 Å². The van der Waals surface area contributed by atoms with Crippen molar-refractivity contribution in [3.05, 3.63) is 39.3 Å². The third-order valence-corrected chi connectivity index (χ3v) is 3.83. The van der Waals surface area contributed by atoms with Gasteiger partial charge in [0, 0.05) is 11.0 Å². The van der Waals surface area contributed by atoms with Gasteiger partial charge in [0.15, 0.2) is 5.65 Å². The Morgan fingerprint density at radius 1 is 1.60 bits per heavy atom. The van der Waals surface area contributed by atoms with E-state index in [1.807, 2.05) is 13.8 Å². The van der Waals surface area contributed by atoms with Crippen LogP contribution < -0.4 is 10.9 Å². The molecule has 0 bridgehead atoms. The van der Waals surface area contributed by atoms with E-state index in [1.54, 1.807) is 10.8 Å². The molecule has 0 atom stereocenters. The van der Waals surface area contributed by atoms with Gasteiger partial charge in [-0.2, -0.15) is 10.1 Å². The Labute approximate surface area is 124 Å². The molecule has 0 saturated carbocycles. The summed E-state index contributed by atoms with van der Waals surface area (Å²) in [7, 11) is 0. The predicted octanol–water partition coefficient (Wildman–Crippen LogP) is 2.41. The standard InChI is InChI=1S/C13H16BrN5O/c1-4-5-19-11-9(6-16-19)12(20)18-13(17-11)15-7-10(14)8(2)3/h4,6H,1,5,7H2,2-3H3,(H2,15,17,18,20). The quantitative estimate of drug-likeness (QED) is 0.821. The minimum atomic E-state index is -0.207. The van der Waals surface area contributed by atoms with Crippen LogP contribution in [0.15, 0.2) is 33.7 Å². The van der Waals surface area contributed by atoms with Gasteiger partial charge in [-0.15, -0.1) is 6.58 Å². The van der Waals surface area contributed by atoms with E-state index in [4.69, 9.17) is 0 Å². The topological polar surface area (TPSA) is 75.6 Å². The molecular formula is C13H16BrN5O. The first kappa shape index (κ1) is 14.5. The molecule has 0 aromatic carbocycles. The number of fused-ring (bicyclic) bond motifs is 1. The maximum atomic E-state index is 12.0. The van der Waals surface area contributed by atoms with Crippen molar-refractivity contribution in [2.45, 2.75) is 20.4 Å². The molecule has 0 fully saturated rings. The van der Waals surface area contributed by atoms with Crippen molar-refractivity contribution in [3.8, 4) is 0 Å². The molecule has 7 heteroatoms. The van der Waals surface area contributed by atoms with E-state index in [0.717, 1.165) is 10.1 Å². The van der Waals surface area contributed by atoms with Gasteiger partial charge < -0.3 is 5.32 Å². The van der Waals surface area contributed by atoms with Crippen molar-refractivity contribution < 1.29 is 0 Å². The van der Waals surface area contributed by atoms with Crippen LogP contribution >= 0.6 is 15.9 Å². The van der Waals surface area contributed by atoms with Crippen molar-refractivity contribution in [3.63, 3.8) is 0 Å². The number of allylic oxidation sites excluding steroid dienone is 2. The average molecular weight is 338 g/mol. The number of hydrogen-bond donors (Lipinski definition) is 2. The summed E-state index contributed by atoms with van der Waals surface area (Å²) in [5, 5.41) is 7.68. The number of hydrogen-bond acceptors (Lipinski definition) is 4. The van der Waals surface area contributed by atoms with E-state index in [2.05, 4.69) is 42.9 Å². The van der Waals surface area contributed by atoms with Crippen LogP contribution in [0.2, 0.25) is 0 Å². The first-order chi connectivity index (χ1) is 9.52. The van der Waals surface area contributed by atoms with Crippen LogP contribution in [0.25, 0.3) is 11.0 Å². The first-order valence-corrected chi connectivity index (χ1v) is 6.94. The molecule has 0 unspecified atom stereocenters. The fourth-order valence-electron chi connectivity index (χ4n) is 1.64. The van der Waals surface area contributed by atoms with Crippen molar-refractivity contribution in [2.75, 3.05) is 11.9 Å². The van der Waals surface area contributed by atoms with Gasteiger partial charge in [0.05, 0.1) is 12.7 Å². The van der Waals surface area contributed by atoms with Gasteiger partial charge in [-0.05, 0) is 13.8 Å². The number of anilines is 1. The van der Waals surface area contributed by atoms with Crippen LogP contribution in [0.1, 0.15) is 13.8 Å². The Kier molecular flexibility index (Phi) is 4.39. The van der Waals surface area contributed by atoms with Crippen molar-refractivity contribution in [1.29, 1.82) is 0 Å². The van der Waals surface area contributed by atoms with Gasteiger partial charge in [0.1, 0.15) is 5.39 Å². The smallest absolute Gasteiger partial charge is 0.263 e. The van der Waals surface area contributed by atoms with Crippen LogP contribution in [-0.2, 0) is 6.54 Å². The Balaban J connectivity index is 2.35. The number of H-pyrrole nitrogens is 1. The van der Waals surface area contributed by atoms with E-state index in [0.29, 0.717) is 30.1 Å². The zero-order valence-corrected chi connectivity index (χ0v) is 13.0. The number of nitrogens with one attached hydrogen (secondary N) is 2. The molecule has 2 aromatic rings. The van der Waals surface area contributed by atoms with Crippen molar-refractivity contribution in [1.82, 2.24) is 19.7 Å². The molecule has 0 radical (unpaired) electrons. The normalized spacial score (nSPS) is 10.6. The summed E-state index contributed by atoms with van der Waals surface area (Å²) in [4.78, 5) is 19.0. The summed E-state index contributed by atoms with van der Waals surface area (Å²) >= 11 is 3.47. The maximum Gasteiger partial charge on any atom is 0.263 e. The van der Waals surface area contributed by atoms with Crippen molar-refractivity contribution >= 4 is 32.9 Å². The molecule has 0 spiro atoms. The second-order valence-corrected chi connectivity index (χ2v) is 5.48. The largest absolute Gasteiger partial charge is 0.351 e. The molecule has 2 N–H and O–H groups in total. The van der Waals surface area contributed by atoms with Crippen LogP contribution in [-0.4, -0.2) is 26.3 Å². The third-order valence-electron chi connectivity index (χ3n) is 2.76. The molecule has 0 saturated heterocycles. The molecular weight excluding hydrogens is 322 g/mol. The second-order valence-electron chi connectivity index (χ2n) is 4.53.